The molecule has 0 saturated carbocycles. The molecule has 3 aromatic rings. The van der Waals surface area contributed by atoms with Crippen LogP contribution in [-0.2, 0) is 19.5 Å². The molecule has 4 rings (SSSR count). The second-order valence-corrected chi connectivity index (χ2v) is 6.56. The van der Waals surface area contributed by atoms with Crippen LogP contribution in [0.2, 0.25) is 5.02 Å². The van der Waals surface area contributed by atoms with E-state index in [2.05, 4.69) is 34.3 Å². The van der Waals surface area contributed by atoms with E-state index in [1.54, 1.807) is 0 Å². The van der Waals surface area contributed by atoms with Gasteiger partial charge in [0.05, 0.1) is 16.9 Å². The number of nitrogens with one attached hydrogen (secondary N) is 1. The number of hydrogen-bond acceptors (Lipinski definition) is 2. The van der Waals surface area contributed by atoms with Crippen LogP contribution in [0.5, 0.6) is 0 Å². The molecule has 1 aromatic heterocycles. The van der Waals surface area contributed by atoms with Crippen LogP contribution in [0.3, 0.4) is 0 Å². The zero-order valence-electron chi connectivity index (χ0n) is 13.6. The van der Waals surface area contributed by atoms with Crippen molar-refractivity contribution in [2.45, 2.75) is 19.5 Å². The Morgan fingerprint density at radius 1 is 1.04 bits per heavy atom. The second kappa shape index (κ2) is 7.60. The molecule has 0 amide bonds. The summed E-state index contributed by atoms with van der Waals surface area (Å²) in [5, 5.41) is 3.66. The van der Waals surface area contributed by atoms with Crippen molar-refractivity contribution >= 4 is 28.6 Å². The maximum Gasteiger partial charge on any atom is 0.269 e. The Labute approximate surface area is 161 Å². The fourth-order valence-electron chi connectivity index (χ4n) is 3.28. The molecule has 0 unspecified atom stereocenters. The summed E-state index contributed by atoms with van der Waals surface area (Å²) in [6.07, 6.45) is 0.851. The first kappa shape index (κ1) is 18.0. The molecule has 0 spiro atoms. The summed E-state index contributed by atoms with van der Waals surface area (Å²) < 4.78 is 1.90. The topological polar surface area (TPSA) is 41.0 Å². The molecular weight excluding hydrogens is 402 g/mol. The van der Waals surface area contributed by atoms with Crippen molar-refractivity contribution in [2.75, 3.05) is 6.54 Å². The van der Waals surface area contributed by atoms with Gasteiger partial charge in [0.15, 0.2) is 0 Å². The number of aromatic amines is 1. The van der Waals surface area contributed by atoms with E-state index in [-0.39, 0.29) is 22.5 Å². The van der Waals surface area contributed by atoms with Crippen molar-refractivity contribution in [1.29, 1.82) is 0 Å². The van der Waals surface area contributed by atoms with Crippen molar-refractivity contribution < 1.29 is 0 Å². The van der Waals surface area contributed by atoms with E-state index in [1.165, 1.54) is 5.56 Å². The van der Waals surface area contributed by atoms with E-state index in [0.29, 0.717) is 11.6 Å². The average molecular weight is 421 g/mol. The molecular formula is C19H19BrClN3O. The van der Waals surface area contributed by atoms with Gasteiger partial charge in [0, 0.05) is 31.1 Å². The highest BCUT2D eigenvalue weighted by Crippen LogP contribution is 2.21. The van der Waals surface area contributed by atoms with Gasteiger partial charge in [-0.3, -0.25) is 19.5 Å². The summed E-state index contributed by atoms with van der Waals surface area (Å²) in [4.78, 5) is 14.7. The van der Waals surface area contributed by atoms with Crippen LogP contribution in [0.25, 0.3) is 5.69 Å². The monoisotopic (exact) mass is 419 g/mol. The van der Waals surface area contributed by atoms with Gasteiger partial charge in [-0.15, -0.1) is 17.0 Å². The maximum absolute atomic E-state index is 12.4. The molecule has 0 bridgehead atoms. The van der Waals surface area contributed by atoms with E-state index in [4.69, 9.17) is 11.6 Å². The second-order valence-electron chi connectivity index (χ2n) is 6.12. The number of hydrogen-bond donors (Lipinski definition) is 1. The molecule has 6 heteroatoms. The molecule has 4 nitrogen and oxygen atoms in total. The number of halogens is 2. The number of H-pyrrole nitrogens is 1. The third-order valence-electron chi connectivity index (χ3n) is 4.49. The van der Waals surface area contributed by atoms with Gasteiger partial charge in [0.2, 0.25) is 0 Å². The molecule has 1 aliphatic heterocycles. The number of rotatable bonds is 3. The molecule has 1 aliphatic rings. The Kier molecular flexibility index (Phi) is 5.47. The Hall–Kier alpha value is -1.82. The van der Waals surface area contributed by atoms with Gasteiger partial charge >= 0.3 is 0 Å². The lowest BCUT2D eigenvalue weighted by Crippen LogP contribution is -2.32. The fourth-order valence-corrected chi connectivity index (χ4v) is 3.41. The minimum Gasteiger partial charge on any atom is -0.294 e. The van der Waals surface area contributed by atoms with Crippen LogP contribution in [0.15, 0.2) is 59.4 Å². The standard InChI is InChI=1S/C19H18ClN3O.BrH/c20-15-6-8-16(9-7-15)23-18-10-11-22(13-17(18)19(24)21-23)12-14-4-2-1-3-5-14;/h1-9H,10-13H2,(H,21,24);1H. The van der Waals surface area contributed by atoms with E-state index >= 15 is 0 Å². The minimum absolute atomic E-state index is 0. The molecule has 130 valence electrons. The van der Waals surface area contributed by atoms with Crippen LogP contribution in [0.1, 0.15) is 16.8 Å². The summed E-state index contributed by atoms with van der Waals surface area (Å²) in [6, 6.07) is 17.9. The van der Waals surface area contributed by atoms with Crippen LogP contribution in [-0.4, -0.2) is 21.2 Å². The van der Waals surface area contributed by atoms with E-state index in [1.807, 2.05) is 35.0 Å². The molecule has 2 heterocycles. The lowest BCUT2D eigenvalue weighted by atomic mass is 10.1. The van der Waals surface area contributed by atoms with Crippen molar-refractivity contribution in [3.05, 3.63) is 86.8 Å². The third kappa shape index (κ3) is 3.73. The van der Waals surface area contributed by atoms with Crippen molar-refractivity contribution in [3.63, 3.8) is 0 Å². The molecule has 1 N–H and O–H groups in total. The van der Waals surface area contributed by atoms with Crippen LogP contribution in [0.4, 0.5) is 0 Å². The first-order chi connectivity index (χ1) is 11.7. The average Bonchev–Trinajstić information content (AvgIpc) is 2.93. The highest BCUT2D eigenvalue weighted by atomic mass is 79.9. The van der Waals surface area contributed by atoms with Gasteiger partial charge in [-0.2, -0.15) is 0 Å². The van der Waals surface area contributed by atoms with Crippen LogP contribution >= 0.6 is 28.6 Å². The van der Waals surface area contributed by atoms with Gasteiger partial charge in [-0.05, 0) is 29.8 Å². The molecule has 0 atom stereocenters. The predicted octanol–water partition coefficient (Wildman–Crippen LogP) is 3.96. The maximum atomic E-state index is 12.4. The summed E-state index contributed by atoms with van der Waals surface area (Å²) in [5.41, 5.74) is 4.15. The Morgan fingerprint density at radius 3 is 2.48 bits per heavy atom. The van der Waals surface area contributed by atoms with Crippen molar-refractivity contribution in [2.24, 2.45) is 0 Å². The Balaban J connectivity index is 0.00000182. The normalized spacial score (nSPS) is 14.0. The summed E-state index contributed by atoms with van der Waals surface area (Å²) in [7, 11) is 0. The first-order valence-corrected chi connectivity index (χ1v) is 8.43. The largest absolute Gasteiger partial charge is 0.294 e. The molecule has 2 aromatic carbocycles. The smallest absolute Gasteiger partial charge is 0.269 e. The summed E-state index contributed by atoms with van der Waals surface area (Å²) in [6.45, 7) is 2.48. The SMILES string of the molecule is Br.O=c1[nH]n(-c2ccc(Cl)cc2)c2c1CN(Cc1ccccc1)CC2. The predicted molar refractivity (Wildman–Crippen MR) is 106 cm³/mol. The summed E-state index contributed by atoms with van der Waals surface area (Å²) in [5.74, 6) is 0. The van der Waals surface area contributed by atoms with Gasteiger partial charge in [0.1, 0.15) is 0 Å². The van der Waals surface area contributed by atoms with Crippen molar-refractivity contribution in [1.82, 2.24) is 14.7 Å². The zero-order chi connectivity index (χ0) is 16.5. The quantitative estimate of drug-likeness (QED) is 0.697. The Bertz CT molecular complexity index is 903. The van der Waals surface area contributed by atoms with E-state index in [9.17, 15) is 4.79 Å². The third-order valence-corrected chi connectivity index (χ3v) is 4.74. The van der Waals surface area contributed by atoms with E-state index < -0.39 is 0 Å². The number of benzene rings is 2. The van der Waals surface area contributed by atoms with Crippen molar-refractivity contribution in [3.8, 4) is 5.69 Å². The van der Waals surface area contributed by atoms with E-state index in [0.717, 1.165) is 36.5 Å². The van der Waals surface area contributed by atoms with Crippen LogP contribution < -0.4 is 5.56 Å². The lowest BCUT2D eigenvalue weighted by molar-refractivity contribution is 0.243. The number of aromatic nitrogens is 2. The van der Waals surface area contributed by atoms with Gasteiger partial charge in [-0.25, -0.2) is 0 Å². The first-order valence-electron chi connectivity index (χ1n) is 8.06. The molecule has 0 radical (unpaired) electrons. The lowest BCUT2D eigenvalue weighted by Gasteiger charge is -2.27. The minimum atomic E-state index is -0.00212. The molecule has 0 fully saturated rings. The highest BCUT2D eigenvalue weighted by molar-refractivity contribution is 8.93. The highest BCUT2D eigenvalue weighted by Gasteiger charge is 2.23. The molecule has 0 aliphatic carbocycles. The zero-order valence-corrected chi connectivity index (χ0v) is 16.1. The summed E-state index contributed by atoms with van der Waals surface area (Å²) >= 11 is 5.96. The van der Waals surface area contributed by atoms with Gasteiger partial charge in [-0.1, -0.05) is 41.9 Å². The molecule has 25 heavy (non-hydrogen) atoms. The molecule has 0 saturated heterocycles. The van der Waals surface area contributed by atoms with Gasteiger partial charge < -0.3 is 0 Å². The Morgan fingerprint density at radius 2 is 1.76 bits per heavy atom. The van der Waals surface area contributed by atoms with Crippen LogP contribution in [0, 0.1) is 0 Å². The number of fused-ring (bicyclic) bond motifs is 1. The fraction of sp³-hybridized carbons (Fsp3) is 0.211. The van der Waals surface area contributed by atoms with Gasteiger partial charge in [0.25, 0.3) is 5.56 Å². The number of nitrogens with zero attached hydrogens (tertiary/aromatic N) is 2.